The first-order valence-electron chi connectivity index (χ1n) is 10.2. The molecule has 33 heavy (non-hydrogen) atoms. The zero-order valence-corrected chi connectivity index (χ0v) is 19.5. The Morgan fingerprint density at radius 2 is 1.97 bits per heavy atom. The number of halogens is 1. The van der Waals surface area contributed by atoms with Crippen LogP contribution < -0.4 is 10.9 Å². The summed E-state index contributed by atoms with van der Waals surface area (Å²) in [7, 11) is -1.27. The largest absolute Gasteiger partial charge is 0.507 e. The fourth-order valence-corrected chi connectivity index (χ4v) is 5.31. The lowest BCUT2D eigenvalue weighted by atomic mass is 9.85. The second kappa shape index (κ2) is 8.79. The predicted octanol–water partition coefficient (Wildman–Crippen LogP) is 1.68. The van der Waals surface area contributed by atoms with Crippen molar-refractivity contribution < 1.29 is 33.5 Å². The number of benzene rings is 2. The third kappa shape index (κ3) is 4.68. The Kier molecular flexibility index (Phi) is 6.35. The standard InChI is InChI=1S/C21H22BClNO8P/c1-24-6-5-10(17(9-24)32-33(28,29)30)18-13(25)7-14(26)20-15(27)8-16(31-21(18)20)19-11(22)3-2-4-12(19)23/h2-4,7-8,10,17,25-26H,5-6,9,22H2,1H3,(H2,28,29,30)/t10-,17+/m0/s1. The molecular formula is C21H22BClNO8P. The van der Waals surface area contributed by atoms with E-state index >= 15 is 0 Å². The summed E-state index contributed by atoms with van der Waals surface area (Å²) < 4.78 is 22.7. The Labute approximate surface area is 194 Å². The minimum absolute atomic E-state index is 0.0804. The number of fused-ring (bicyclic) bond motifs is 1. The summed E-state index contributed by atoms with van der Waals surface area (Å²) in [5, 5.41) is 21.4. The quantitative estimate of drug-likeness (QED) is 0.315. The van der Waals surface area contributed by atoms with Gasteiger partial charge in [0.2, 0.25) is 0 Å². The zero-order valence-electron chi connectivity index (χ0n) is 17.9. The van der Waals surface area contributed by atoms with Gasteiger partial charge in [0.25, 0.3) is 0 Å². The lowest BCUT2D eigenvalue weighted by Crippen LogP contribution is -2.41. The molecule has 4 rings (SSSR count). The molecule has 0 bridgehead atoms. The normalized spacial score (nSPS) is 19.8. The van der Waals surface area contributed by atoms with Crippen molar-refractivity contribution in [2.24, 2.45) is 0 Å². The van der Waals surface area contributed by atoms with Crippen LogP contribution in [0.15, 0.2) is 39.5 Å². The summed E-state index contributed by atoms with van der Waals surface area (Å²) >= 11 is 6.36. The molecule has 0 amide bonds. The van der Waals surface area contributed by atoms with E-state index in [0.717, 1.165) is 11.5 Å². The molecule has 0 unspecified atom stereocenters. The molecule has 0 spiro atoms. The Morgan fingerprint density at radius 3 is 2.64 bits per heavy atom. The number of aromatic hydroxyl groups is 2. The van der Waals surface area contributed by atoms with E-state index in [4.69, 9.17) is 20.5 Å². The van der Waals surface area contributed by atoms with Gasteiger partial charge >= 0.3 is 7.82 Å². The van der Waals surface area contributed by atoms with Crippen LogP contribution in [0.25, 0.3) is 22.3 Å². The molecule has 1 fully saturated rings. The lowest BCUT2D eigenvalue weighted by molar-refractivity contribution is 0.0544. The predicted molar refractivity (Wildman–Crippen MR) is 126 cm³/mol. The van der Waals surface area contributed by atoms with E-state index in [1.165, 1.54) is 6.07 Å². The number of likely N-dealkylation sites (tertiary alicyclic amines) is 1. The first kappa shape index (κ1) is 23.8. The SMILES string of the molecule is Bc1cccc(Cl)c1-c1cc(=O)c2c(O)cc(O)c([C@H]3CCN(C)C[C@H]3OP(=O)(O)O)c2o1. The second-order valence-electron chi connectivity index (χ2n) is 8.23. The van der Waals surface area contributed by atoms with Crippen molar-refractivity contribution in [2.45, 2.75) is 18.4 Å². The fourth-order valence-electron chi connectivity index (χ4n) is 4.43. The maximum Gasteiger partial charge on any atom is 0.469 e. The van der Waals surface area contributed by atoms with Gasteiger partial charge in [-0.05, 0) is 26.1 Å². The molecule has 3 aromatic rings. The minimum atomic E-state index is -4.85. The Hall–Kier alpha value is -2.33. The van der Waals surface area contributed by atoms with Crippen molar-refractivity contribution in [2.75, 3.05) is 20.1 Å². The van der Waals surface area contributed by atoms with E-state index in [2.05, 4.69) is 0 Å². The highest BCUT2D eigenvalue weighted by molar-refractivity contribution is 7.46. The van der Waals surface area contributed by atoms with Gasteiger partial charge in [0.15, 0.2) is 5.43 Å². The molecule has 1 aliphatic heterocycles. The summed E-state index contributed by atoms with van der Waals surface area (Å²) in [6, 6.07) is 7.45. The summed E-state index contributed by atoms with van der Waals surface area (Å²) in [5.41, 5.74) is 0.738. The number of phenolic OH excluding ortho intramolecular Hbond substituents is 2. The number of nitrogens with zero attached hydrogens (tertiary/aromatic N) is 1. The summed E-state index contributed by atoms with van der Waals surface area (Å²) in [6.07, 6.45) is -0.646. The molecule has 4 N–H and O–H groups in total. The Morgan fingerprint density at radius 1 is 1.24 bits per heavy atom. The van der Waals surface area contributed by atoms with Crippen LogP contribution in [-0.2, 0) is 9.09 Å². The average Bonchev–Trinajstić information content (AvgIpc) is 2.67. The molecular weight excluding hydrogens is 471 g/mol. The monoisotopic (exact) mass is 493 g/mol. The second-order valence-corrected chi connectivity index (χ2v) is 9.83. The van der Waals surface area contributed by atoms with E-state index < -0.39 is 31.0 Å². The van der Waals surface area contributed by atoms with Gasteiger partial charge in [0.05, 0.1) is 11.1 Å². The van der Waals surface area contributed by atoms with Crippen LogP contribution in [0.5, 0.6) is 11.5 Å². The molecule has 1 aromatic heterocycles. The van der Waals surface area contributed by atoms with Crippen LogP contribution in [0.2, 0.25) is 5.02 Å². The van der Waals surface area contributed by atoms with Crippen molar-refractivity contribution in [1.29, 1.82) is 0 Å². The molecule has 0 saturated carbocycles. The van der Waals surface area contributed by atoms with E-state index in [1.807, 2.05) is 4.90 Å². The molecule has 0 aliphatic carbocycles. The van der Waals surface area contributed by atoms with Crippen LogP contribution in [0.3, 0.4) is 0 Å². The number of phenols is 2. The highest BCUT2D eigenvalue weighted by Crippen LogP contribution is 2.47. The van der Waals surface area contributed by atoms with Crippen molar-refractivity contribution >= 4 is 43.7 Å². The molecule has 2 atom stereocenters. The van der Waals surface area contributed by atoms with Crippen LogP contribution in [0.4, 0.5) is 0 Å². The van der Waals surface area contributed by atoms with Gasteiger partial charge in [-0.2, -0.15) is 0 Å². The van der Waals surface area contributed by atoms with Crippen molar-refractivity contribution in [3.63, 3.8) is 0 Å². The molecule has 1 saturated heterocycles. The highest BCUT2D eigenvalue weighted by Gasteiger charge is 2.38. The Bertz CT molecular complexity index is 1320. The number of likely N-dealkylation sites (N-methyl/N-ethyl adjacent to an activating group) is 1. The topological polar surface area (TPSA) is 141 Å². The smallest absolute Gasteiger partial charge is 0.469 e. The van der Waals surface area contributed by atoms with Crippen LogP contribution in [0, 0.1) is 0 Å². The van der Waals surface area contributed by atoms with Gasteiger partial charge in [0.1, 0.15) is 36.1 Å². The summed E-state index contributed by atoms with van der Waals surface area (Å²) in [5.74, 6) is -1.42. The molecule has 2 heterocycles. The molecule has 1 aliphatic rings. The number of hydrogen-bond acceptors (Lipinski definition) is 7. The Balaban J connectivity index is 1.99. The van der Waals surface area contributed by atoms with Crippen molar-refractivity contribution in [3.05, 3.63) is 51.1 Å². The number of rotatable bonds is 4. The number of phosphoric acid groups is 1. The first-order valence-corrected chi connectivity index (χ1v) is 12.1. The van der Waals surface area contributed by atoms with Gasteiger partial charge in [-0.25, -0.2) is 4.57 Å². The fraction of sp³-hybridized carbons (Fsp3) is 0.286. The lowest BCUT2D eigenvalue weighted by Gasteiger charge is -2.36. The van der Waals surface area contributed by atoms with E-state index in [9.17, 15) is 29.4 Å². The highest BCUT2D eigenvalue weighted by atomic mass is 35.5. The van der Waals surface area contributed by atoms with E-state index in [0.29, 0.717) is 23.6 Å². The number of hydrogen-bond donors (Lipinski definition) is 4. The zero-order chi connectivity index (χ0) is 24.1. The van der Waals surface area contributed by atoms with Crippen LogP contribution in [0.1, 0.15) is 17.9 Å². The third-order valence-electron chi connectivity index (χ3n) is 5.87. The van der Waals surface area contributed by atoms with Crippen molar-refractivity contribution in [3.8, 4) is 22.8 Å². The molecule has 9 nitrogen and oxygen atoms in total. The minimum Gasteiger partial charge on any atom is -0.507 e. The molecule has 0 radical (unpaired) electrons. The number of piperidine rings is 1. The first-order chi connectivity index (χ1) is 15.5. The van der Waals surface area contributed by atoms with Gasteiger partial charge in [-0.1, -0.05) is 29.2 Å². The third-order valence-corrected chi connectivity index (χ3v) is 6.73. The maximum absolute atomic E-state index is 13.0. The van der Waals surface area contributed by atoms with Gasteiger partial charge < -0.3 is 29.3 Å². The van der Waals surface area contributed by atoms with Gasteiger partial charge in [-0.3, -0.25) is 9.32 Å². The summed E-state index contributed by atoms with van der Waals surface area (Å²) in [6.45, 7) is 0.714. The average molecular weight is 494 g/mol. The molecule has 174 valence electrons. The van der Waals surface area contributed by atoms with E-state index in [1.54, 1.807) is 33.1 Å². The summed E-state index contributed by atoms with van der Waals surface area (Å²) in [4.78, 5) is 33.7. The van der Waals surface area contributed by atoms with Crippen molar-refractivity contribution in [1.82, 2.24) is 4.90 Å². The number of phosphoric ester groups is 1. The van der Waals surface area contributed by atoms with Gasteiger partial charge in [0, 0.05) is 35.7 Å². The van der Waals surface area contributed by atoms with Crippen LogP contribution in [-0.4, -0.2) is 59.0 Å². The van der Waals surface area contributed by atoms with Crippen LogP contribution >= 0.6 is 19.4 Å². The maximum atomic E-state index is 13.0. The van der Waals surface area contributed by atoms with Gasteiger partial charge in [-0.15, -0.1) is 0 Å². The molecule has 2 aromatic carbocycles. The molecule has 12 heteroatoms. The van der Waals surface area contributed by atoms with E-state index in [-0.39, 0.29) is 34.6 Å².